The van der Waals surface area contributed by atoms with Gasteiger partial charge in [0.1, 0.15) is 0 Å². The van der Waals surface area contributed by atoms with E-state index >= 15 is 0 Å². The molecule has 25 heavy (non-hydrogen) atoms. The maximum Gasteiger partial charge on any atom is 0.303 e. The van der Waals surface area contributed by atoms with Gasteiger partial charge in [-0.1, -0.05) is 91.4 Å². The summed E-state index contributed by atoms with van der Waals surface area (Å²) in [5.74, 6) is -0.657. The summed E-state index contributed by atoms with van der Waals surface area (Å²) in [7, 11) is -0.699. The van der Waals surface area contributed by atoms with Crippen LogP contribution in [-0.2, 0) is 9.22 Å². The molecule has 0 aromatic heterocycles. The quantitative estimate of drug-likeness (QED) is 0.289. The second-order valence-corrected chi connectivity index (χ2v) is 11.1. The van der Waals surface area contributed by atoms with Crippen LogP contribution in [0.1, 0.15) is 111 Å². The monoisotopic (exact) mass is 372 g/mol. The van der Waals surface area contributed by atoms with E-state index in [1.807, 2.05) is 0 Å². The molecule has 1 rings (SSSR count). The zero-order chi connectivity index (χ0) is 18.8. The molecule has 0 saturated carbocycles. The van der Waals surface area contributed by atoms with E-state index in [4.69, 9.17) is 9.53 Å². The summed E-state index contributed by atoms with van der Waals surface area (Å²) in [5.41, 5.74) is 0.852. The summed E-state index contributed by atoms with van der Waals surface area (Å²) in [5, 5.41) is 8.46. The Hall–Kier alpha value is -0.353. The van der Waals surface area contributed by atoms with E-state index < -0.39 is 15.0 Å². The van der Waals surface area contributed by atoms with Crippen molar-refractivity contribution in [2.75, 3.05) is 6.61 Å². The summed E-state index contributed by atoms with van der Waals surface area (Å²) in [4.78, 5) is 10.3. The number of carboxylic acid groups (broad SMARTS) is 1. The van der Waals surface area contributed by atoms with Gasteiger partial charge in [-0.3, -0.25) is 4.79 Å². The normalized spacial score (nSPS) is 17.2. The molecule has 3 nitrogen and oxygen atoms in total. The average molecular weight is 373 g/mol. The number of hydrogen-bond donors (Lipinski definition) is 1. The molecule has 1 atom stereocenters. The van der Waals surface area contributed by atoms with Crippen molar-refractivity contribution in [2.24, 2.45) is 0 Å². The van der Waals surface area contributed by atoms with Gasteiger partial charge in [0.2, 0.25) is 0 Å². The van der Waals surface area contributed by atoms with Gasteiger partial charge in [0, 0.05) is 13.0 Å². The molecule has 1 heterocycles. The maximum absolute atomic E-state index is 10.3. The van der Waals surface area contributed by atoms with Crippen LogP contribution in [0.3, 0.4) is 0 Å². The zero-order valence-corrected chi connectivity index (χ0v) is 18.4. The lowest BCUT2D eigenvalue weighted by Crippen LogP contribution is -2.25. The summed E-state index contributed by atoms with van der Waals surface area (Å²) < 4.78 is 5.68. The molecular weight excluding hydrogens is 328 g/mol. The standard InChI is InChI=1S/C14H28O2.C7H16OSi/c1-2-3-4-5-6-7-8-9-10-11-12-13-14(15)16;1-7(2)9-6-4-3-5-8-9/h2-13H2,1H3,(H,15,16);7,9H,3-6H2,1-2H3. The van der Waals surface area contributed by atoms with Crippen LogP contribution in [0.5, 0.6) is 0 Å². The van der Waals surface area contributed by atoms with E-state index in [2.05, 4.69) is 20.8 Å². The van der Waals surface area contributed by atoms with Crippen LogP contribution in [-0.4, -0.2) is 26.7 Å². The van der Waals surface area contributed by atoms with Crippen molar-refractivity contribution in [3.05, 3.63) is 0 Å². The van der Waals surface area contributed by atoms with E-state index in [1.54, 1.807) is 0 Å². The molecule has 4 heteroatoms. The Morgan fingerprint density at radius 1 is 0.920 bits per heavy atom. The lowest BCUT2D eigenvalue weighted by Gasteiger charge is -2.23. The van der Waals surface area contributed by atoms with Crippen molar-refractivity contribution in [2.45, 2.75) is 122 Å². The van der Waals surface area contributed by atoms with E-state index in [0.717, 1.165) is 25.0 Å². The Balaban J connectivity index is 0.000000535. The third-order valence-corrected chi connectivity index (χ3v) is 8.08. The fourth-order valence-electron chi connectivity index (χ4n) is 3.23. The van der Waals surface area contributed by atoms with Gasteiger partial charge in [-0.05, 0) is 24.4 Å². The molecule has 1 aliphatic rings. The minimum absolute atomic E-state index is 0.344. The van der Waals surface area contributed by atoms with Gasteiger partial charge in [-0.25, -0.2) is 0 Å². The fourth-order valence-corrected chi connectivity index (χ4v) is 5.61. The summed E-state index contributed by atoms with van der Waals surface area (Å²) in [6.07, 6.45) is 17.1. The lowest BCUT2D eigenvalue weighted by molar-refractivity contribution is -0.137. The Bertz CT molecular complexity index is 289. The molecule has 0 aliphatic carbocycles. The highest BCUT2D eigenvalue weighted by molar-refractivity contribution is 6.53. The van der Waals surface area contributed by atoms with Gasteiger partial charge in [0.05, 0.1) is 0 Å². The molecule has 1 unspecified atom stereocenters. The third kappa shape index (κ3) is 18.2. The molecular formula is C21H44O3Si. The van der Waals surface area contributed by atoms with Crippen LogP contribution in [0.2, 0.25) is 11.6 Å². The smallest absolute Gasteiger partial charge is 0.303 e. The Morgan fingerprint density at radius 3 is 1.80 bits per heavy atom. The molecule has 1 N–H and O–H groups in total. The van der Waals surface area contributed by atoms with E-state index in [9.17, 15) is 4.79 Å². The van der Waals surface area contributed by atoms with Gasteiger partial charge < -0.3 is 9.53 Å². The maximum atomic E-state index is 10.3. The highest BCUT2D eigenvalue weighted by atomic mass is 28.3. The van der Waals surface area contributed by atoms with Crippen LogP contribution >= 0.6 is 0 Å². The average Bonchev–Trinajstić information content (AvgIpc) is 2.61. The molecule has 1 fully saturated rings. The minimum Gasteiger partial charge on any atom is -0.481 e. The van der Waals surface area contributed by atoms with Crippen LogP contribution in [0.25, 0.3) is 0 Å². The number of aliphatic carboxylic acids is 1. The predicted octanol–water partition coefficient (Wildman–Crippen LogP) is 6.70. The molecule has 150 valence electrons. The highest BCUT2D eigenvalue weighted by Gasteiger charge is 2.18. The minimum atomic E-state index is -0.699. The number of carbonyl (C=O) groups is 1. The van der Waals surface area contributed by atoms with E-state index in [-0.39, 0.29) is 0 Å². The number of rotatable bonds is 13. The first-order valence-corrected chi connectivity index (χ1v) is 12.9. The molecule has 0 radical (unpaired) electrons. The van der Waals surface area contributed by atoms with Crippen molar-refractivity contribution in [1.29, 1.82) is 0 Å². The summed E-state index contributed by atoms with van der Waals surface area (Å²) >= 11 is 0. The van der Waals surface area contributed by atoms with Gasteiger partial charge in [0.25, 0.3) is 0 Å². The van der Waals surface area contributed by atoms with Crippen LogP contribution in [0, 0.1) is 0 Å². The molecule has 1 aliphatic heterocycles. The van der Waals surface area contributed by atoms with Gasteiger partial charge >= 0.3 is 5.97 Å². The number of hydrogen-bond acceptors (Lipinski definition) is 2. The van der Waals surface area contributed by atoms with Crippen molar-refractivity contribution in [3.63, 3.8) is 0 Å². The molecule has 0 spiro atoms. The molecule has 0 bridgehead atoms. The molecule has 0 amide bonds. The van der Waals surface area contributed by atoms with E-state index in [0.29, 0.717) is 6.42 Å². The lowest BCUT2D eigenvalue weighted by atomic mass is 10.1. The first-order valence-electron chi connectivity index (χ1n) is 10.9. The van der Waals surface area contributed by atoms with Gasteiger partial charge in [0.15, 0.2) is 9.04 Å². The van der Waals surface area contributed by atoms with Gasteiger partial charge in [-0.15, -0.1) is 0 Å². The van der Waals surface area contributed by atoms with Crippen molar-refractivity contribution >= 4 is 15.0 Å². The SMILES string of the molecule is CC(C)[SiH]1CCCCO1.CCCCCCCCCCCCCC(=O)O. The first kappa shape index (κ1) is 24.6. The van der Waals surface area contributed by atoms with Crippen molar-refractivity contribution < 1.29 is 14.3 Å². The summed E-state index contributed by atoms with van der Waals surface area (Å²) in [6, 6.07) is 1.41. The first-order chi connectivity index (χ1) is 12.1. The molecule has 0 aromatic rings. The van der Waals surface area contributed by atoms with Crippen LogP contribution < -0.4 is 0 Å². The second-order valence-electron chi connectivity index (χ2n) is 7.83. The van der Waals surface area contributed by atoms with Gasteiger partial charge in [-0.2, -0.15) is 0 Å². The van der Waals surface area contributed by atoms with Crippen molar-refractivity contribution in [1.82, 2.24) is 0 Å². The van der Waals surface area contributed by atoms with Crippen molar-refractivity contribution in [3.8, 4) is 0 Å². The highest BCUT2D eigenvalue weighted by Crippen LogP contribution is 2.20. The number of unbranched alkanes of at least 4 members (excludes halogenated alkanes) is 10. The fraction of sp³-hybridized carbons (Fsp3) is 0.952. The molecule has 1 saturated heterocycles. The van der Waals surface area contributed by atoms with Crippen LogP contribution in [0.15, 0.2) is 0 Å². The number of carboxylic acids is 1. The topological polar surface area (TPSA) is 46.5 Å². The Kier molecular flexibility index (Phi) is 18.2. The Morgan fingerprint density at radius 2 is 1.44 bits per heavy atom. The third-order valence-electron chi connectivity index (χ3n) is 4.95. The van der Waals surface area contributed by atoms with E-state index in [1.165, 1.54) is 76.7 Å². The van der Waals surface area contributed by atoms with Crippen LogP contribution in [0.4, 0.5) is 0 Å². The zero-order valence-electron chi connectivity index (χ0n) is 17.2. The molecule has 0 aromatic carbocycles. The second kappa shape index (κ2) is 18.4. The summed E-state index contributed by atoms with van der Waals surface area (Å²) in [6.45, 7) is 7.89. The Labute approximate surface area is 158 Å². The predicted molar refractivity (Wildman–Crippen MR) is 111 cm³/mol. The largest absolute Gasteiger partial charge is 0.481 e.